The van der Waals surface area contributed by atoms with Crippen LogP contribution in [0.1, 0.15) is 11.4 Å². The summed E-state index contributed by atoms with van der Waals surface area (Å²) in [5.41, 5.74) is 0.0948. The van der Waals surface area contributed by atoms with E-state index >= 15 is 0 Å². The average Bonchev–Trinajstić information content (AvgIpc) is 2.52. The number of sulfonamides is 1. The van der Waals surface area contributed by atoms with E-state index in [-0.39, 0.29) is 16.9 Å². The number of benzene rings is 1. The van der Waals surface area contributed by atoms with E-state index in [1.165, 1.54) is 0 Å². The lowest BCUT2D eigenvalue weighted by molar-refractivity contribution is 0.256. The number of amides is 2. The first-order chi connectivity index (χ1) is 12.7. The van der Waals surface area contributed by atoms with Crippen molar-refractivity contribution in [2.45, 2.75) is 18.7 Å². The Kier molecular flexibility index (Phi) is 4.62. The fourth-order valence-corrected chi connectivity index (χ4v) is 3.29. The second-order valence-electron chi connectivity index (χ2n) is 5.60. The third kappa shape index (κ3) is 3.92. The first-order valence-electron chi connectivity index (χ1n) is 7.53. The number of nitrogens with one attached hydrogen (secondary N) is 2. The summed E-state index contributed by atoms with van der Waals surface area (Å²) in [5.74, 6) is -0.742. The number of halogens is 1. The van der Waals surface area contributed by atoms with Gasteiger partial charge in [-0.15, -0.1) is 0 Å². The molecule has 0 saturated carbocycles. The Morgan fingerprint density at radius 1 is 1.15 bits per heavy atom. The van der Waals surface area contributed by atoms with Crippen LogP contribution in [0.4, 0.5) is 15.1 Å². The number of carbonyl (C=O) groups excluding carboxylic acids is 1. The molecule has 1 aromatic carbocycles. The van der Waals surface area contributed by atoms with E-state index in [1.807, 2.05) is 0 Å². The van der Waals surface area contributed by atoms with Gasteiger partial charge in [-0.1, -0.05) is 0 Å². The number of hydrogen-bond acceptors (Lipinski definition) is 7. The third-order valence-corrected chi connectivity index (χ3v) is 4.74. The number of aryl methyl sites for hydroxylation is 2. The molecule has 0 aliphatic carbocycles. The van der Waals surface area contributed by atoms with Gasteiger partial charge in [-0.25, -0.2) is 32.3 Å². The van der Waals surface area contributed by atoms with Gasteiger partial charge in [-0.2, -0.15) is 0 Å². The molecule has 140 valence electrons. The summed E-state index contributed by atoms with van der Waals surface area (Å²) in [6, 6.07) is 3.55. The topological polar surface area (TPSA) is 131 Å². The van der Waals surface area contributed by atoms with Crippen molar-refractivity contribution in [3.05, 3.63) is 58.0 Å². The predicted octanol–water partition coefficient (Wildman–Crippen LogP) is 1.85. The van der Waals surface area contributed by atoms with E-state index < -0.39 is 32.2 Å². The van der Waals surface area contributed by atoms with Gasteiger partial charge in [0.2, 0.25) is 11.4 Å². The molecule has 0 saturated heterocycles. The summed E-state index contributed by atoms with van der Waals surface area (Å²) in [6.07, 6.45) is 0.646. The fourth-order valence-electron chi connectivity index (χ4n) is 2.36. The molecule has 27 heavy (non-hydrogen) atoms. The maximum Gasteiger partial charge on any atom is 0.335 e. The zero-order chi connectivity index (χ0) is 19.8. The predicted molar refractivity (Wildman–Crippen MR) is 93.3 cm³/mol. The van der Waals surface area contributed by atoms with Crippen molar-refractivity contribution in [1.29, 1.82) is 0 Å². The smallest absolute Gasteiger partial charge is 0.335 e. The highest BCUT2D eigenvalue weighted by molar-refractivity contribution is 7.90. The maximum absolute atomic E-state index is 13.2. The van der Waals surface area contributed by atoms with Crippen molar-refractivity contribution in [3.63, 3.8) is 0 Å². The molecule has 3 aromatic rings. The van der Waals surface area contributed by atoms with Gasteiger partial charge in [0.25, 0.3) is 10.0 Å². The number of fused-ring (bicyclic) bond motifs is 1. The number of nitrogens with zero attached hydrogens (tertiary/aromatic N) is 2. The van der Waals surface area contributed by atoms with Gasteiger partial charge in [0, 0.05) is 17.5 Å². The molecule has 2 aromatic heterocycles. The number of aromatic nitrogens is 2. The average molecular weight is 392 g/mol. The van der Waals surface area contributed by atoms with Crippen LogP contribution >= 0.6 is 0 Å². The van der Waals surface area contributed by atoms with E-state index in [0.717, 1.165) is 18.2 Å². The van der Waals surface area contributed by atoms with Crippen LogP contribution in [0.15, 0.2) is 44.6 Å². The maximum atomic E-state index is 13.2. The fraction of sp³-hybridized carbons (Fsp3) is 0.125. The van der Waals surface area contributed by atoms with Crippen molar-refractivity contribution in [2.24, 2.45) is 0 Å². The van der Waals surface area contributed by atoms with Crippen LogP contribution in [0.3, 0.4) is 0 Å². The second-order valence-corrected chi connectivity index (χ2v) is 7.25. The SMILES string of the molecule is Cc1cc(C)nc(NC(=O)NS(=O)(=O)c2coc3cc(F)ccc3c2=O)n1. The molecule has 0 atom stereocenters. The molecule has 2 amide bonds. The number of hydrogen-bond donors (Lipinski definition) is 2. The summed E-state index contributed by atoms with van der Waals surface area (Å²) in [6.45, 7) is 3.36. The summed E-state index contributed by atoms with van der Waals surface area (Å²) >= 11 is 0. The van der Waals surface area contributed by atoms with Gasteiger partial charge in [-0.05, 0) is 32.0 Å². The molecule has 0 fully saturated rings. The van der Waals surface area contributed by atoms with E-state index in [0.29, 0.717) is 17.7 Å². The van der Waals surface area contributed by atoms with Crippen LogP contribution in [-0.2, 0) is 10.0 Å². The number of urea groups is 1. The molecular formula is C16H13FN4O5S. The Morgan fingerprint density at radius 2 is 1.81 bits per heavy atom. The summed E-state index contributed by atoms with van der Waals surface area (Å²) in [7, 11) is -4.55. The lowest BCUT2D eigenvalue weighted by atomic mass is 10.2. The summed E-state index contributed by atoms with van der Waals surface area (Å²) in [4.78, 5) is 31.4. The number of rotatable bonds is 3. The molecule has 3 rings (SSSR count). The largest absolute Gasteiger partial charge is 0.463 e. The highest BCUT2D eigenvalue weighted by Gasteiger charge is 2.24. The van der Waals surface area contributed by atoms with E-state index in [1.54, 1.807) is 24.6 Å². The second kappa shape index (κ2) is 6.76. The summed E-state index contributed by atoms with van der Waals surface area (Å²) < 4.78 is 44.6. The van der Waals surface area contributed by atoms with Crippen molar-refractivity contribution >= 4 is 33.0 Å². The molecule has 0 bridgehead atoms. The van der Waals surface area contributed by atoms with Crippen LogP contribution in [0.2, 0.25) is 0 Å². The van der Waals surface area contributed by atoms with Crippen LogP contribution in [0.25, 0.3) is 11.0 Å². The first-order valence-corrected chi connectivity index (χ1v) is 9.01. The minimum atomic E-state index is -4.55. The minimum absolute atomic E-state index is 0.0961. The Bertz CT molecular complexity index is 1200. The van der Waals surface area contributed by atoms with Crippen LogP contribution in [-0.4, -0.2) is 24.4 Å². The molecule has 11 heteroatoms. The molecule has 2 N–H and O–H groups in total. The van der Waals surface area contributed by atoms with Crippen LogP contribution < -0.4 is 15.5 Å². The molecular weight excluding hydrogens is 379 g/mol. The number of carbonyl (C=O) groups is 1. The first kappa shape index (κ1) is 18.5. The third-order valence-electron chi connectivity index (χ3n) is 3.43. The van der Waals surface area contributed by atoms with Gasteiger partial charge in [-0.3, -0.25) is 10.1 Å². The zero-order valence-electron chi connectivity index (χ0n) is 14.1. The van der Waals surface area contributed by atoms with Crippen LogP contribution in [0, 0.1) is 19.7 Å². The normalized spacial score (nSPS) is 11.4. The highest BCUT2D eigenvalue weighted by atomic mass is 32.2. The van der Waals surface area contributed by atoms with Crippen molar-refractivity contribution in [1.82, 2.24) is 14.7 Å². The van der Waals surface area contributed by atoms with E-state index in [4.69, 9.17) is 4.42 Å². The Morgan fingerprint density at radius 3 is 2.48 bits per heavy atom. The van der Waals surface area contributed by atoms with Crippen molar-refractivity contribution in [3.8, 4) is 0 Å². The summed E-state index contributed by atoms with van der Waals surface area (Å²) in [5, 5.41) is 2.04. The standard InChI is InChI=1S/C16H13FN4O5S/c1-8-5-9(2)19-15(18-8)20-16(23)21-27(24,25)13-7-26-12-6-10(17)3-4-11(12)14(13)22/h3-7H,1-2H3,(H2,18,19,20,21,23). The van der Waals surface area contributed by atoms with E-state index in [9.17, 15) is 22.4 Å². The van der Waals surface area contributed by atoms with Gasteiger partial charge in [0.15, 0.2) is 4.90 Å². The Labute approximate surface area is 152 Å². The molecule has 0 aliphatic rings. The molecule has 0 radical (unpaired) electrons. The monoisotopic (exact) mass is 392 g/mol. The quantitative estimate of drug-likeness (QED) is 0.695. The van der Waals surface area contributed by atoms with Gasteiger partial charge in [0.1, 0.15) is 17.7 Å². The highest BCUT2D eigenvalue weighted by Crippen LogP contribution is 2.15. The van der Waals surface area contributed by atoms with Crippen molar-refractivity contribution < 1.29 is 22.0 Å². The van der Waals surface area contributed by atoms with Gasteiger partial charge < -0.3 is 4.42 Å². The van der Waals surface area contributed by atoms with Gasteiger partial charge >= 0.3 is 6.03 Å². The van der Waals surface area contributed by atoms with Crippen LogP contribution in [0.5, 0.6) is 0 Å². The minimum Gasteiger partial charge on any atom is -0.463 e. The molecule has 0 unspecified atom stereocenters. The van der Waals surface area contributed by atoms with Gasteiger partial charge in [0.05, 0.1) is 5.39 Å². The molecule has 2 heterocycles. The Hall–Kier alpha value is -3.34. The lowest BCUT2D eigenvalue weighted by Crippen LogP contribution is -2.37. The Balaban J connectivity index is 1.89. The molecule has 0 spiro atoms. The van der Waals surface area contributed by atoms with Crippen molar-refractivity contribution in [2.75, 3.05) is 5.32 Å². The molecule has 9 nitrogen and oxygen atoms in total. The van der Waals surface area contributed by atoms with E-state index in [2.05, 4.69) is 15.3 Å². The molecule has 0 aliphatic heterocycles. The zero-order valence-corrected chi connectivity index (χ0v) is 14.9. The lowest BCUT2D eigenvalue weighted by Gasteiger charge is -2.08. The number of anilines is 1.